The standard InChI is InChI=1S/C16H22N4S2.HI/c1-13-19-14(12-22-13)11-20(3)16(17-2)18-9-10-21-15-7-5-4-6-8-15;/h4-8,12H,9-11H2,1-3H3,(H,17,18);1H. The van der Waals surface area contributed by atoms with Crippen LogP contribution in [0.25, 0.3) is 0 Å². The quantitative estimate of drug-likeness (QED) is 0.233. The maximum absolute atomic E-state index is 4.49. The molecule has 0 radical (unpaired) electrons. The first-order valence-corrected chi connectivity index (χ1v) is 9.06. The van der Waals surface area contributed by atoms with Gasteiger partial charge in [0.25, 0.3) is 0 Å². The molecule has 0 amide bonds. The fraction of sp³-hybridized carbons (Fsp3) is 0.375. The Morgan fingerprint density at radius 1 is 1.35 bits per heavy atom. The van der Waals surface area contributed by atoms with Crippen molar-refractivity contribution in [1.29, 1.82) is 0 Å². The first-order valence-electron chi connectivity index (χ1n) is 7.19. The summed E-state index contributed by atoms with van der Waals surface area (Å²) in [4.78, 5) is 12.2. The summed E-state index contributed by atoms with van der Waals surface area (Å²) in [6, 6.07) is 10.4. The summed E-state index contributed by atoms with van der Waals surface area (Å²) >= 11 is 3.53. The molecule has 2 rings (SSSR count). The highest BCUT2D eigenvalue weighted by Gasteiger charge is 2.08. The monoisotopic (exact) mass is 462 g/mol. The van der Waals surface area contributed by atoms with Gasteiger partial charge in [0.05, 0.1) is 17.2 Å². The van der Waals surface area contributed by atoms with Crippen LogP contribution in [0.5, 0.6) is 0 Å². The molecular weight excluding hydrogens is 439 g/mol. The SMILES string of the molecule is CN=C(NCCSc1ccccc1)N(C)Cc1csc(C)n1.I. The van der Waals surface area contributed by atoms with Gasteiger partial charge in [0.15, 0.2) is 5.96 Å². The Labute approximate surface area is 163 Å². The molecule has 0 unspecified atom stereocenters. The third kappa shape index (κ3) is 7.09. The van der Waals surface area contributed by atoms with Gasteiger partial charge in [0.1, 0.15) is 0 Å². The number of benzene rings is 1. The van der Waals surface area contributed by atoms with Gasteiger partial charge >= 0.3 is 0 Å². The number of thioether (sulfide) groups is 1. The second-order valence-electron chi connectivity index (χ2n) is 4.85. The Morgan fingerprint density at radius 2 is 2.09 bits per heavy atom. The van der Waals surface area contributed by atoms with E-state index in [9.17, 15) is 0 Å². The van der Waals surface area contributed by atoms with E-state index in [1.165, 1.54) is 4.90 Å². The molecule has 0 aliphatic carbocycles. The number of nitrogens with one attached hydrogen (secondary N) is 1. The summed E-state index contributed by atoms with van der Waals surface area (Å²) in [5.74, 6) is 1.91. The van der Waals surface area contributed by atoms with Gasteiger partial charge in [-0.2, -0.15) is 0 Å². The highest BCUT2D eigenvalue weighted by Crippen LogP contribution is 2.15. The second kappa shape index (κ2) is 10.9. The van der Waals surface area contributed by atoms with Gasteiger partial charge in [-0.3, -0.25) is 4.99 Å². The minimum Gasteiger partial charge on any atom is -0.355 e. The van der Waals surface area contributed by atoms with Gasteiger partial charge in [-0.1, -0.05) is 18.2 Å². The molecule has 0 aliphatic heterocycles. The van der Waals surface area contributed by atoms with E-state index in [4.69, 9.17) is 0 Å². The van der Waals surface area contributed by atoms with Crippen molar-refractivity contribution in [2.75, 3.05) is 26.4 Å². The van der Waals surface area contributed by atoms with Gasteiger partial charge < -0.3 is 10.2 Å². The molecule has 126 valence electrons. The van der Waals surface area contributed by atoms with Crippen LogP contribution in [0.15, 0.2) is 45.6 Å². The smallest absolute Gasteiger partial charge is 0.193 e. The van der Waals surface area contributed by atoms with Gasteiger partial charge in [0.2, 0.25) is 0 Å². The molecular formula is C16H23IN4S2. The minimum atomic E-state index is 0. The molecule has 0 spiro atoms. The van der Waals surface area contributed by atoms with Crippen LogP contribution < -0.4 is 5.32 Å². The van der Waals surface area contributed by atoms with Crippen molar-refractivity contribution in [3.05, 3.63) is 46.4 Å². The lowest BCUT2D eigenvalue weighted by atomic mass is 10.4. The summed E-state index contributed by atoms with van der Waals surface area (Å²) in [5, 5.41) is 6.60. The van der Waals surface area contributed by atoms with E-state index in [0.717, 1.165) is 35.5 Å². The van der Waals surface area contributed by atoms with Crippen molar-refractivity contribution < 1.29 is 0 Å². The normalized spacial score (nSPS) is 11.0. The zero-order valence-corrected chi connectivity index (χ0v) is 17.6. The number of aromatic nitrogens is 1. The van der Waals surface area contributed by atoms with E-state index in [0.29, 0.717) is 0 Å². The van der Waals surface area contributed by atoms with Crippen molar-refractivity contribution >= 4 is 53.0 Å². The number of rotatable bonds is 6. The van der Waals surface area contributed by atoms with Crippen LogP contribution in [0.3, 0.4) is 0 Å². The van der Waals surface area contributed by atoms with Crippen molar-refractivity contribution in [2.24, 2.45) is 4.99 Å². The van der Waals surface area contributed by atoms with Crippen LogP contribution in [0.4, 0.5) is 0 Å². The Hall–Kier alpha value is -0.800. The highest BCUT2D eigenvalue weighted by atomic mass is 127. The van der Waals surface area contributed by atoms with Crippen LogP contribution in [0.2, 0.25) is 0 Å². The molecule has 0 saturated heterocycles. The van der Waals surface area contributed by atoms with Gasteiger partial charge in [-0.15, -0.1) is 47.1 Å². The summed E-state index contributed by atoms with van der Waals surface area (Å²) in [7, 11) is 3.85. The Morgan fingerprint density at radius 3 is 2.70 bits per heavy atom. The third-order valence-corrected chi connectivity index (χ3v) is 4.87. The van der Waals surface area contributed by atoms with Crippen LogP contribution in [-0.4, -0.2) is 42.2 Å². The summed E-state index contributed by atoms with van der Waals surface area (Å²) < 4.78 is 0. The number of hydrogen-bond donors (Lipinski definition) is 1. The molecule has 23 heavy (non-hydrogen) atoms. The van der Waals surface area contributed by atoms with Crippen molar-refractivity contribution in [1.82, 2.24) is 15.2 Å². The topological polar surface area (TPSA) is 40.5 Å². The summed E-state index contributed by atoms with van der Waals surface area (Å²) in [6.45, 7) is 3.69. The first-order chi connectivity index (χ1) is 10.7. The maximum atomic E-state index is 4.49. The summed E-state index contributed by atoms with van der Waals surface area (Å²) in [5.41, 5.74) is 1.09. The number of aryl methyl sites for hydroxylation is 1. The molecule has 2 aromatic rings. The average Bonchev–Trinajstić information content (AvgIpc) is 2.93. The van der Waals surface area contributed by atoms with E-state index in [1.807, 2.05) is 38.8 Å². The Bertz CT molecular complexity index is 601. The van der Waals surface area contributed by atoms with Crippen LogP contribution >= 0.6 is 47.1 Å². The fourth-order valence-electron chi connectivity index (χ4n) is 2.03. The van der Waals surface area contributed by atoms with E-state index >= 15 is 0 Å². The van der Waals surface area contributed by atoms with Crippen LogP contribution in [0.1, 0.15) is 10.7 Å². The number of nitrogens with zero attached hydrogens (tertiary/aromatic N) is 3. The largest absolute Gasteiger partial charge is 0.355 e. The second-order valence-corrected chi connectivity index (χ2v) is 7.08. The third-order valence-electron chi connectivity index (χ3n) is 3.04. The van der Waals surface area contributed by atoms with Crippen LogP contribution in [-0.2, 0) is 6.54 Å². The van der Waals surface area contributed by atoms with Gasteiger partial charge in [-0.25, -0.2) is 4.98 Å². The van der Waals surface area contributed by atoms with Crippen LogP contribution in [0, 0.1) is 6.92 Å². The van der Waals surface area contributed by atoms with E-state index in [1.54, 1.807) is 11.3 Å². The molecule has 7 heteroatoms. The predicted octanol–water partition coefficient (Wildman–Crippen LogP) is 3.87. The highest BCUT2D eigenvalue weighted by molar-refractivity contribution is 14.0. The molecule has 1 heterocycles. The number of aliphatic imine (C=N–C) groups is 1. The number of thiazole rings is 1. The molecule has 1 aromatic carbocycles. The molecule has 1 N–H and O–H groups in total. The van der Waals surface area contributed by atoms with Crippen molar-refractivity contribution in [2.45, 2.75) is 18.4 Å². The lowest BCUT2D eigenvalue weighted by molar-refractivity contribution is 0.473. The van der Waals surface area contributed by atoms with E-state index in [2.05, 4.69) is 49.8 Å². The average molecular weight is 462 g/mol. The predicted molar refractivity (Wildman–Crippen MR) is 112 cm³/mol. The molecule has 0 saturated carbocycles. The zero-order chi connectivity index (χ0) is 15.8. The molecule has 0 fully saturated rings. The number of halogens is 1. The summed E-state index contributed by atoms with van der Waals surface area (Å²) in [6.07, 6.45) is 0. The Kier molecular flexibility index (Phi) is 9.57. The molecule has 0 bridgehead atoms. The molecule has 0 atom stereocenters. The van der Waals surface area contributed by atoms with Crippen molar-refractivity contribution in [3.63, 3.8) is 0 Å². The van der Waals surface area contributed by atoms with Gasteiger partial charge in [-0.05, 0) is 19.1 Å². The van der Waals surface area contributed by atoms with E-state index in [-0.39, 0.29) is 24.0 Å². The molecule has 4 nitrogen and oxygen atoms in total. The van der Waals surface area contributed by atoms with Crippen molar-refractivity contribution in [3.8, 4) is 0 Å². The maximum Gasteiger partial charge on any atom is 0.193 e. The molecule has 0 aliphatic rings. The zero-order valence-electron chi connectivity index (χ0n) is 13.7. The number of guanidine groups is 1. The molecule has 1 aromatic heterocycles. The lowest BCUT2D eigenvalue weighted by Gasteiger charge is -2.21. The first kappa shape index (κ1) is 20.2. The lowest BCUT2D eigenvalue weighted by Crippen LogP contribution is -2.39. The van der Waals surface area contributed by atoms with E-state index < -0.39 is 0 Å². The Balaban J connectivity index is 0.00000264. The fourth-order valence-corrected chi connectivity index (χ4v) is 3.43. The van der Waals surface area contributed by atoms with Gasteiger partial charge in [0, 0.05) is 36.7 Å². The minimum absolute atomic E-state index is 0. The number of hydrogen-bond acceptors (Lipinski definition) is 4.